The lowest BCUT2D eigenvalue weighted by atomic mass is 10.0. The summed E-state index contributed by atoms with van der Waals surface area (Å²) in [6.07, 6.45) is 88.9. The molecular formula is C73H128O6. The van der Waals surface area contributed by atoms with Crippen LogP contribution in [0.25, 0.3) is 0 Å². The van der Waals surface area contributed by atoms with Crippen molar-refractivity contribution in [3.05, 3.63) is 85.1 Å². The fraction of sp³-hybridized carbons (Fsp3) is 0.767. The van der Waals surface area contributed by atoms with Crippen molar-refractivity contribution < 1.29 is 28.6 Å². The Labute approximate surface area is 490 Å². The molecule has 0 bridgehead atoms. The van der Waals surface area contributed by atoms with E-state index in [2.05, 4.69) is 106 Å². The van der Waals surface area contributed by atoms with Crippen LogP contribution in [0.3, 0.4) is 0 Å². The molecule has 0 rings (SSSR count). The zero-order chi connectivity index (χ0) is 57.1. The van der Waals surface area contributed by atoms with E-state index in [1.807, 2.05) is 0 Å². The van der Waals surface area contributed by atoms with Gasteiger partial charge in [0.2, 0.25) is 0 Å². The number of allylic oxidation sites excluding steroid dienone is 14. The van der Waals surface area contributed by atoms with Crippen LogP contribution in [0.5, 0.6) is 0 Å². The standard InChI is InChI=1S/C73H128O6/c1-4-7-10-13-16-19-22-24-26-28-29-30-31-32-33-34-35-36-37-38-39-40-41-42-43-45-46-48-51-54-57-60-63-66-72(75)78-69-70(68-77-71(74)65-62-59-56-53-50-21-18-15-12-9-6-3)79-73(76)67-64-61-58-55-52-49-47-44-27-25-23-20-17-14-11-8-5-2/h7,10,16,19,24-27,29-30,32-33,35-36,70H,4-6,8-9,11-15,17-18,20-23,28,31,34,37-69H2,1-3H3/b10-7-,19-16-,26-24-,27-25-,30-29-,33-32-,36-35-. The lowest BCUT2D eigenvalue weighted by Gasteiger charge is -2.18. The molecule has 0 aliphatic heterocycles. The van der Waals surface area contributed by atoms with Crippen LogP contribution in [-0.4, -0.2) is 37.2 Å². The van der Waals surface area contributed by atoms with Crippen molar-refractivity contribution in [2.24, 2.45) is 0 Å². The van der Waals surface area contributed by atoms with Crippen LogP contribution in [0, 0.1) is 0 Å². The van der Waals surface area contributed by atoms with E-state index in [0.717, 1.165) is 96.3 Å². The molecular weight excluding hydrogens is 973 g/mol. The van der Waals surface area contributed by atoms with Gasteiger partial charge in [0.05, 0.1) is 0 Å². The van der Waals surface area contributed by atoms with Gasteiger partial charge < -0.3 is 14.2 Å². The third kappa shape index (κ3) is 65.3. The van der Waals surface area contributed by atoms with Crippen molar-refractivity contribution in [3.63, 3.8) is 0 Å². The number of carbonyl (C=O) groups excluding carboxylic acids is 3. The Hall–Kier alpha value is -3.41. The maximum Gasteiger partial charge on any atom is 0.306 e. The SMILES string of the molecule is CC/C=C\C/C=C\C/C=C\C/C=C\C/C=C\C/C=C\CCCCCCCCCCCCCCCCC(=O)OCC(COC(=O)CCCCCCCCCCCCC)OC(=O)CCCCCCCCC/C=C\CCCCCCCC. The number of esters is 3. The first-order valence-electron chi connectivity index (χ1n) is 34.1. The summed E-state index contributed by atoms with van der Waals surface area (Å²) in [6.45, 7) is 6.55. The van der Waals surface area contributed by atoms with Crippen molar-refractivity contribution in [3.8, 4) is 0 Å². The Bertz CT molecular complexity index is 1500. The van der Waals surface area contributed by atoms with E-state index in [1.54, 1.807) is 0 Å². The predicted octanol–water partition coefficient (Wildman–Crippen LogP) is 23.4. The van der Waals surface area contributed by atoms with E-state index in [4.69, 9.17) is 14.2 Å². The summed E-state index contributed by atoms with van der Waals surface area (Å²) in [5.41, 5.74) is 0. The molecule has 0 aliphatic carbocycles. The Kier molecular flexibility index (Phi) is 64.2. The monoisotopic (exact) mass is 1100 g/mol. The van der Waals surface area contributed by atoms with Gasteiger partial charge >= 0.3 is 17.9 Å². The Morgan fingerprint density at radius 3 is 0.785 bits per heavy atom. The third-order valence-electron chi connectivity index (χ3n) is 14.9. The van der Waals surface area contributed by atoms with Crippen molar-refractivity contribution in [2.75, 3.05) is 13.2 Å². The molecule has 0 aromatic carbocycles. The van der Waals surface area contributed by atoms with Gasteiger partial charge in [0.1, 0.15) is 13.2 Å². The second kappa shape index (κ2) is 67.1. The van der Waals surface area contributed by atoms with Gasteiger partial charge in [-0.1, -0.05) is 311 Å². The van der Waals surface area contributed by atoms with Gasteiger partial charge in [-0.05, 0) is 96.3 Å². The van der Waals surface area contributed by atoms with E-state index >= 15 is 0 Å². The second-order valence-electron chi connectivity index (χ2n) is 22.7. The fourth-order valence-electron chi connectivity index (χ4n) is 9.80. The number of ether oxygens (including phenoxy) is 3. The third-order valence-corrected chi connectivity index (χ3v) is 14.9. The molecule has 0 saturated carbocycles. The Morgan fingerprint density at radius 1 is 0.266 bits per heavy atom. The maximum absolute atomic E-state index is 12.9. The molecule has 456 valence electrons. The average molecular weight is 1100 g/mol. The van der Waals surface area contributed by atoms with Crippen molar-refractivity contribution >= 4 is 17.9 Å². The van der Waals surface area contributed by atoms with Crippen molar-refractivity contribution in [1.82, 2.24) is 0 Å². The second-order valence-corrected chi connectivity index (χ2v) is 22.7. The van der Waals surface area contributed by atoms with Gasteiger partial charge in [-0.15, -0.1) is 0 Å². The predicted molar refractivity (Wildman–Crippen MR) is 344 cm³/mol. The minimum Gasteiger partial charge on any atom is -0.462 e. The lowest BCUT2D eigenvalue weighted by Crippen LogP contribution is -2.30. The van der Waals surface area contributed by atoms with Crippen LogP contribution >= 0.6 is 0 Å². The zero-order valence-electron chi connectivity index (χ0n) is 52.4. The van der Waals surface area contributed by atoms with Crippen LogP contribution in [0.4, 0.5) is 0 Å². The lowest BCUT2D eigenvalue weighted by molar-refractivity contribution is -0.167. The number of unbranched alkanes of at least 4 members (excludes halogenated alkanes) is 37. The molecule has 0 spiro atoms. The first-order chi connectivity index (χ1) is 39.0. The van der Waals surface area contributed by atoms with Gasteiger partial charge in [0.15, 0.2) is 6.10 Å². The minimum absolute atomic E-state index is 0.0730. The molecule has 79 heavy (non-hydrogen) atoms. The van der Waals surface area contributed by atoms with Gasteiger partial charge in [0.25, 0.3) is 0 Å². The number of carbonyl (C=O) groups is 3. The fourth-order valence-corrected chi connectivity index (χ4v) is 9.80. The van der Waals surface area contributed by atoms with Crippen molar-refractivity contribution in [1.29, 1.82) is 0 Å². The molecule has 0 aromatic rings. The zero-order valence-corrected chi connectivity index (χ0v) is 52.4. The van der Waals surface area contributed by atoms with Gasteiger partial charge in [-0.25, -0.2) is 0 Å². The van der Waals surface area contributed by atoms with Crippen LogP contribution < -0.4 is 0 Å². The van der Waals surface area contributed by atoms with Gasteiger partial charge in [0, 0.05) is 19.3 Å². The topological polar surface area (TPSA) is 78.9 Å². The van der Waals surface area contributed by atoms with Crippen LogP contribution in [0.15, 0.2) is 85.1 Å². The van der Waals surface area contributed by atoms with Crippen LogP contribution in [0.2, 0.25) is 0 Å². The maximum atomic E-state index is 12.9. The molecule has 1 unspecified atom stereocenters. The van der Waals surface area contributed by atoms with E-state index in [0.29, 0.717) is 19.3 Å². The highest BCUT2D eigenvalue weighted by Gasteiger charge is 2.19. The quantitative estimate of drug-likeness (QED) is 0.0261. The Balaban J connectivity index is 4.15. The highest BCUT2D eigenvalue weighted by molar-refractivity contribution is 5.71. The summed E-state index contributed by atoms with van der Waals surface area (Å²) in [5.74, 6) is -0.862. The molecule has 0 heterocycles. The largest absolute Gasteiger partial charge is 0.462 e. The molecule has 1 atom stereocenters. The molecule has 0 aromatic heterocycles. The highest BCUT2D eigenvalue weighted by Crippen LogP contribution is 2.17. The van der Waals surface area contributed by atoms with Crippen molar-refractivity contribution in [2.45, 2.75) is 348 Å². The summed E-state index contributed by atoms with van der Waals surface area (Å²) < 4.78 is 16.9. The summed E-state index contributed by atoms with van der Waals surface area (Å²) in [7, 11) is 0. The summed E-state index contributed by atoms with van der Waals surface area (Å²) in [5, 5.41) is 0. The highest BCUT2D eigenvalue weighted by atomic mass is 16.6. The molecule has 0 saturated heterocycles. The number of hydrogen-bond donors (Lipinski definition) is 0. The van der Waals surface area contributed by atoms with Gasteiger partial charge in [-0.2, -0.15) is 0 Å². The summed E-state index contributed by atoms with van der Waals surface area (Å²) in [4.78, 5) is 38.3. The minimum atomic E-state index is -0.776. The molecule has 6 nitrogen and oxygen atoms in total. The average Bonchev–Trinajstić information content (AvgIpc) is 3.45. The first kappa shape index (κ1) is 75.6. The summed E-state index contributed by atoms with van der Waals surface area (Å²) in [6, 6.07) is 0. The normalized spacial score (nSPS) is 12.6. The molecule has 6 heteroatoms. The number of hydrogen-bond acceptors (Lipinski definition) is 6. The van der Waals surface area contributed by atoms with E-state index in [9.17, 15) is 14.4 Å². The molecule has 0 aliphatic rings. The van der Waals surface area contributed by atoms with E-state index in [1.165, 1.54) is 205 Å². The van der Waals surface area contributed by atoms with Gasteiger partial charge in [-0.3, -0.25) is 14.4 Å². The smallest absolute Gasteiger partial charge is 0.306 e. The van der Waals surface area contributed by atoms with E-state index < -0.39 is 6.10 Å². The Morgan fingerprint density at radius 2 is 0.494 bits per heavy atom. The molecule has 0 fully saturated rings. The van der Waals surface area contributed by atoms with Crippen LogP contribution in [-0.2, 0) is 28.6 Å². The molecule has 0 amide bonds. The van der Waals surface area contributed by atoms with Crippen LogP contribution in [0.1, 0.15) is 342 Å². The first-order valence-corrected chi connectivity index (χ1v) is 34.1. The van der Waals surface area contributed by atoms with E-state index in [-0.39, 0.29) is 31.1 Å². The summed E-state index contributed by atoms with van der Waals surface area (Å²) >= 11 is 0. The number of rotatable bonds is 62. The molecule has 0 radical (unpaired) electrons. The molecule has 0 N–H and O–H groups in total.